The molecule has 5 heteroatoms. The summed E-state index contributed by atoms with van der Waals surface area (Å²) in [7, 11) is 1.45. The third-order valence-corrected chi connectivity index (χ3v) is 3.09. The summed E-state index contributed by atoms with van der Waals surface area (Å²) in [6.45, 7) is 1.51. The maximum absolute atomic E-state index is 10.8. The van der Waals surface area contributed by atoms with Crippen LogP contribution in [0.2, 0.25) is 0 Å². The van der Waals surface area contributed by atoms with E-state index in [9.17, 15) is 10.1 Å². The normalized spacial score (nSPS) is 16.8. The third-order valence-electron chi connectivity index (χ3n) is 3.09. The molecule has 1 saturated heterocycles. The Hall–Kier alpha value is -1.62. The summed E-state index contributed by atoms with van der Waals surface area (Å²) in [5, 5.41) is 10.8. The van der Waals surface area contributed by atoms with E-state index in [1.54, 1.807) is 6.07 Å². The number of ether oxygens (including phenoxy) is 2. The van der Waals surface area contributed by atoms with Gasteiger partial charge in [0, 0.05) is 19.3 Å². The van der Waals surface area contributed by atoms with Crippen LogP contribution < -0.4 is 4.74 Å². The van der Waals surface area contributed by atoms with Crippen LogP contribution in [0, 0.1) is 10.1 Å². The second-order valence-corrected chi connectivity index (χ2v) is 4.08. The van der Waals surface area contributed by atoms with Crippen LogP contribution in [0.5, 0.6) is 5.75 Å². The number of hydrogen-bond acceptors (Lipinski definition) is 4. The zero-order chi connectivity index (χ0) is 12.3. The summed E-state index contributed by atoms with van der Waals surface area (Å²) in [6, 6.07) is 5.11. The number of nitro benzene ring substituents is 1. The second-order valence-electron chi connectivity index (χ2n) is 4.08. The van der Waals surface area contributed by atoms with Gasteiger partial charge in [0.2, 0.25) is 0 Å². The first kappa shape index (κ1) is 11.9. The average Bonchev–Trinajstić information content (AvgIpc) is 2.39. The average molecular weight is 237 g/mol. The van der Waals surface area contributed by atoms with Crippen LogP contribution in [0.3, 0.4) is 0 Å². The molecule has 1 aromatic rings. The Morgan fingerprint density at radius 3 is 2.71 bits per heavy atom. The van der Waals surface area contributed by atoms with E-state index in [1.165, 1.54) is 13.2 Å². The Morgan fingerprint density at radius 2 is 2.12 bits per heavy atom. The van der Waals surface area contributed by atoms with E-state index in [1.807, 2.05) is 6.07 Å². The van der Waals surface area contributed by atoms with Gasteiger partial charge >= 0.3 is 5.69 Å². The van der Waals surface area contributed by atoms with Crippen LogP contribution in [-0.4, -0.2) is 25.2 Å². The van der Waals surface area contributed by atoms with E-state index in [4.69, 9.17) is 9.47 Å². The molecule has 0 spiro atoms. The highest BCUT2D eigenvalue weighted by Gasteiger charge is 2.20. The lowest BCUT2D eigenvalue weighted by Gasteiger charge is -2.22. The maximum Gasteiger partial charge on any atom is 0.310 e. The molecule has 5 nitrogen and oxygen atoms in total. The van der Waals surface area contributed by atoms with Crippen molar-refractivity contribution in [1.82, 2.24) is 0 Å². The number of nitro groups is 1. The number of benzene rings is 1. The number of methoxy groups -OCH3 is 1. The van der Waals surface area contributed by atoms with Crippen LogP contribution >= 0.6 is 0 Å². The molecular weight excluding hydrogens is 222 g/mol. The highest BCUT2D eigenvalue weighted by atomic mass is 16.6. The predicted molar refractivity (Wildman–Crippen MR) is 62.4 cm³/mol. The lowest BCUT2D eigenvalue weighted by atomic mass is 9.91. The van der Waals surface area contributed by atoms with Crippen molar-refractivity contribution in [2.45, 2.75) is 18.8 Å². The van der Waals surface area contributed by atoms with Gasteiger partial charge in [0.25, 0.3) is 0 Å². The maximum atomic E-state index is 10.8. The van der Waals surface area contributed by atoms with E-state index < -0.39 is 4.92 Å². The molecule has 0 unspecified atom stereocenters. The highest BCUT2D eigenvalue weighted by Crippen LogP contribution is 2.34. The Kier molecular flexibility index (Phi) is 3.58. The number of hydrogen-bond donors (Lipinski definition) is 0. The van der Waals surface area contributed by atoms with Crippen LogP contribution in [0.15, 0.2) is 18.2 Å². The Labute approximate surface area is 99.5 Å². The van der Waals surface area contributed by atoms with Crippen molar-refractivity contribution >= 4 is 5.69 Å². The van der Waals surface area contributed by atoms with Crippen LogP contribution in [0.4, 0.5) is 5.69 Å². The summed E-state index contributed by atoms with van der Waals surface area (Å²) in [5.41, 5.74) is 1.11. The molecule has 0 aromatic heterocycles. The van der Waals surface area contributed by atoms with E-state index in [0.717, 1.165) is 31.6 Å². The molecule has 17 heavy (non-hydrogen) atoms. The number of nitrogens with zero attached hydrogens (tertiary/aromatic N) is 1. The van der Waals surface area contributed by atoms with Gasteiger partial charge in [-0.1, -0.05) is 6.07 Å². The molecule has 1 aromatic carbocycles. The number of rotatable bonds is 3. The summed E-state index contributed by atoms with van der Waals surface area (Å²) in [5.74, 6) is 0.748. The standard InChI is InChI=1S/C12H15NO4/c1-16-12-8-10(2-3-11(12)13(14)15)9-4-6-17-7-5-9/h2-3,8-9H,4-7H2,1H3. The lowest BCUT2D eigenvalue weighted by Crippen LogP contribution is -2.14. The van der Waals surface area contributed by atoms with Gasteiger partial charge in [0.1, 0.15) is 0 Å². The van der Waals surface area contributed by atoms with Crippen LogP contribution in [0.25, 0.3) is 0 Å². The quantitative estimate of drug-likeness (QED) is 0.598. The monoisotopic (exact) mass is 237 g/mol. The van der Waals surface area contributed by atoms with Crippen molar-refractivity contribution in [1.29, 1.82) is 0 Å². The first-order valence-corrected chi connectivity index (χ1v) is 5.62. The molecule has 0 amide bonds. The minimum absolute atomic E-state index is 0.0170. The first-order valence-electron chi connectivity index (χ1n) is 5.62. The zero-order valence-corrected chi connectivity index (χ0v) is 9.72. The molecule has 0 saturated carbocycles. The highest BCUT2D eigenvalue weighted by molar-refractivity contribution is 5.49. The fraction of sp³-hybridized carbons (Fsp3) is 0.500. The third kappa shape index (κ3) is 2.55. The molecule has 1 fully saturated rings. The van der Waals surface area contributed by atoms with E-state index in [2.05, 4.69) is 0 Å². The summed E-state index contributed by atoms with van der Waals surface area (Å²) >= 11 is 0. The Balaban J connectivity index is 2.27. The molecular formula is C12H15NO4. The van der Waals surface area contributed by atoms with Crippen molar-refractivity contribution in [3.05, 3.63) is 33.9 Å². The van der Waals surface area contributed by atoms with E-state index in [-0.39, 0.29) is 5.69 Å². The summed E-state index contributed by atoms with van der Waals surface area (Å²) < 4.78 is 10.4. The second kappa shape index (κ2) is 5.14. The predicted octanol–water partition coefficient (Wildman–Crippen LogP) is 2.50. The van der Waals surface area contributed by atoms with Crippen molar-refractivity contribution in [2.75, 3.05) is 20.3 Å². The Morgan fingerprint density at radius 1 is 1.41 bits per heavy atom. The van der Waals surface area contributed by atoms with E-state index in [0.29, 0.717) is 11.7 Å². The molecule has 0 aliphatic carbocycles. The van der Waals surface area contributed by atoms with Crippen LogP contribution in [0.1, 0.15) is 24.3 Å². The fourth-order valence-corrected chi connectivity index (χ4v) is 2.13. The molecule has 1 aliphatic rings. The molecule has 92 valence electrons. The topological polar surface area (TPSA) is 61.6 Å². The fourth-order valence-electron chi connectivity index (χ4n) is 2.13. The van der Waals surface area contributed by atoms with Gasteiger partial charge in [0.15, 0.2) is 5.75 Å². The van der Waals surface area contributed by atoms with Gasteiger partial charge in [-0.3, -0.25) is 10.1 Å². The summed E-state index contributed by atoms with van der Waals surface area (Å²) in [4.78, 5) is 10.3. The minimum Gasteiger partial charge on any atom is -0.490 e. The van der Waals surface area contributed by atoms with Gasteiger partial charge in [-0.05, 0) is 30.4 Å². The molecule has 0 N–H and O–H groups in total. The molecule has 1 heterocycles. The first-order chi connectivity index (χ1) is 8.22. The van der Waals surface area contributed by atoms with Gasteiger partial charge in [-0.15, -0.1) is 0 Å². The molecule has 1 aliphatic heterocycles. The van der Waals surface area contributed by atoms with Crippen molar-refractivity contribution in [3.8, 4) is 5.75 Å². The molecule has 0 bridgehead atoms. The largest absolute Gasteiger partial charge is 0.490 e. The van der Waals surface area contributed by atoms with Crippen LogP contribution in [-0.2, 0) is 4.74 Å². The van der Waals surface area contributed by atoms with Crippen molar-refractivity contribution < 1.29 is 14.4 Å². The van der Waals surface area contributed by atoms with Crippen molar-refractivity contribution in [3.63, 3.8) is 0 Å². The smallest absolute Gasteiger partial charge is 0.310 e. The van der Waals surface area contributed by atoms with Gasteiger partial charge < -0.3 is 9.47 Å². The van der Waals surface area contributed by atoms with Gasteiger partial charge in [-0.25, -0.2) is 0 Å². The van der Waals surface area contributed by atoms with Gasteiger partial charge in [0.05, 0.1) is 12.0 Å². The molecule has 0 radical (unpaired) electrons. The molecule has 2 rings (SSSR count). The van der Waals surface area contributed by atoms with Crippen molar-refractivity contribution in [2.24, 2.45) is 0 Å². The molecule has 0 atom stereocenters. The van der Waals surface area contributed by atoms with Gasteiger partial charge in [-0.2, -0.15) is 0 Å². The SMILES string of the molecule is COc1cc(C2CCOCC2)ccc1[N+](=O)[O-]. The lowest BCUT2D eigenvalue weighted by molar-refractivity contribution is -0.385. The zero-order valence-electron chi connectivity index (χ0n) is 9.72. The summed E-state index contributed by atoms with van der Waals surface area (Å²) in [6.07, 6.45) is 1.92. The minimum atomic E-state index is -0.424. The van der Waals surface area contributed by atoms with E-state index >= 15 is 0 Å². The Bertz CT molecular complexity index is 413.